The zero-order valence-electron chi connectivity index (χ0n) is 29.4. The highest BCUT2D eigenvalue weighted by atomic mass is 14.9. The highest BCUT2D eigenvalue weighted by Crippen LogP contribution is 2.40. The van der Waals surface area contributed by atoms with Gasteiger partial charge in [0.25, 0.3) is 0 Å². The summed E-state index contributed by atoms with van der Waals surface area (Å²) in [6.45, 7) is 2.29. The standard InChI is InChI=1S/C50H35N3/c1-32-22-27-46(38-25-23-33-12-2-4-14-35(33)28-38)52-50(39-26-24-34-13-3-5-15-36(34)29-39)53-48(32)44-21-11-10-20-43(44)45-30-37-16-6-8-18-41(37)47-42-19-9-7-17-40(42)31-51-49(45)47/h2-21,23-32H,22H2,1H3/b46-27+,52-50?,53-48?. The van der Waals surface area contributed by atoms with Gasteiger partial charge in [-0.3, -0.25) is 4.98 Å². The number of hydrogen-bond acceptors (Lipinski definition) is 3. The van der Waals surface area contributed by atoms with Crippen molar-refractivity contribution in [3.8, 4) is 11.1 Å². The Hall–Kier alpha value is -6.71. The van der Waals surface area contributed by atoms with E-state index in [0.29, 0.717) is 5.84 Å². The fourth-order valence-electron chi connectivity index (χ4n) is 7.98. The lowest BCUT2D eigenvalue weighted by molar-refractivity contribution is 0.790. The van der Waals surface area contributed by atoms with Gasteiger partial charge >= 0.3 is 0 Å². The molecule has 0 saturated carbocycles. The molecule has 1 aliphatic heterocycles. The predicted octanol–water partition coefficient (Wildman–Crippen LogP) is 12.8. The fraction of sp³-hybridized carbons (Fsp3) is 0.0600. The van der Waals surface area contributed by atoms with E-state index in [1.54, 1.807) is 0 Å². The van der Waals surface area contributed by atoms with Crippen LogP contribution in [0, 0.1) is 5.92 Å². The Kier molecular flexibility index (Phi) is 7.51. The number of nitrogens with zero attached hydrogens (tertiary/aromatic N) is 3. The van der Waals surface area contributed by atoms with E-state index in [1.807, 2.05) is 6.20 Å². The lowest BCUT2D eigenvalue weighted by Crippen LogP contribution is -2.18. The molecule has 1 aromatic heterocycles. The molecule has 1 atom stereocenters. The normalized spacial score (nSPS) is 15.9. The molecule has 0 fully saturated rings. The van der Waals surface area contributed by atoms with Crippen molar-refractivity contribution in [3.63, 3.8) is 0 Å². The number of aliphatic imine (C=N–C) groups is 2. The Morgan fingerprint density at radius 2 is 1.04 bits per heavy atom. The maximum Gasteiger partial charge on any atom is 0.160 e. The summed E-state index contributed by atoms with van der Waals surface area (Å²) in [5.74, 6) is 0.817. The van der Waals surface area contributed by atoms with Gasteiger partial charge < -0.3 is 0 Å². The zero-order chi connectivity index (χ0) is 35.3. The summed E-state index contributed by atoms with van der Waals surface area (Å²) in [6.07, 6.45) is 5.11. The fourth-order valence-corrected chi connectivity index (χ4v) is 7.98. The van der Waals surface area contributed by atoms with Gasteiger partial charge in [-0.05, 0) is 67.9 Å². The number of fused-ring (bicyclic) bond motifs is 7. The van der Waals surface area contributed by atoms with Gasteiger partial charge in [-0.25, -0.2) is 9.98 Å². The third kappa shape index (κ3) is 5.49. The van der Waals surface area contributed by atoms with Crippen LogP contribution in [0.1, 0.15) is 30.0 Å². The molecule has 3 heteroatoms. The number of allylic oxidation sites excluding steroid dienone is 1. The van der Waals surface area contributed by atoms with Gasteiger partial charge in [0, 0.05) is 45.1 Å². The van der Waals surface area contributed by atoms with E-state index in [4.69, 9.17) is 15.0 Å². The number of aromatic nitrogens is 1. The molecule has 0 N–H and O–H groups in total. The molecule has 10 rings (SSSR count). The largest absolute Gasteiger partial charge is 0.255 e. The maximum atomic E-state index is 5.59. The average Bonchev–Trinajstić information content (AvgIpc) is 3.21. The molecular formula is C50H35N3. The van der Waals surface area contributed by atoms with Crippen LogP contribution in [0.5, 0.6) is 0 Å². The minimum absolute atomic E-state index is 0.109. The molecule has 250 valence electrons. The van der Waals surface area contributed by atoms with Crippen LogP contribution in [0.15, 0.2) is 186 Å². The maximum absolute atomic E-state index is 5.59. The van der Waals surface area contributed by atoms with Gasteiger partial charge in [0.2, 0.25) is 0 Å². The Morgan fingerprint density at radius 3 is 1.77 bits per heavy atom. The molecule has 0 saturated heterocycles. The van der Waals surface area contributed by atoms with E-state index in [1.165, 1.54) is 37.7 Å². The minimum Gasteiger partial charge on any atom is -0.255 e. The smallest absolute Gasteiger partial charge is 0.160 e. The lowest BCUT2D eigenvalue weighted by atomic mass is 9.86. The third-order valence-corrected chi connectivity index (χ3v) is 10.7. The first-order valence-corrected chi connectivity index (χ1v) is 18.3. The van der Waals surface area contributed by atoms with Gasteiger partial charge in [0.1, 0.15) is 0 Å². The van der Waals surface area contributed by atoms with Crippen LogP contribution in [0.2, 0.25) is 0 Å². The number of amidine groups is 1. The molecule has 2 heterocycles. The van der Waals surface area contributed by atoms with Gasteiger partial charge in [0.15, 0.2) is 5.84 Å². The van der Waals surface area contributed by atoms with Crippen LogP contribution in [-0.2, 0) is 0 Å². The van der Waals surface area contributed by atoms with E-state index in [-0.39, 0.29) is 5.92 Å². The third-order valence-electron chi connectivity index (χ3n) is 10.7. The monoisotopic (exact) mass is 677 g/mol. The molecule has 0 radical (unpaired) electrons. The molecule has 0 spiro atoms. The number of benzene rings is 8. The molecule has 3 nitrogen and oxygen atoms in total. The Bertz CT molecular complexity index is 2990. The van der Waals surface area contributed by atoms with Crippen LogP contribution >= 0.6 is 0 Å². The predicted molar refractivity (Wildman–Crippen MR) is 225 cm³/mol. The summed E-state index contributed by atoms with van der Waals surface area (Å²) in [5.41, 5.74) is 8.36. The second-order valence-corrected chi connectivity index (χ2v) is 14.0. The number of rotatable bonds is 4. The lowest BCUT2D eigenvalue weighted by Gasteiger charge is -2.21. The molecule has 0 aliphatic carbocycles. The highest BCUT2D eigenvalue weighted by Gasteiger charge is 2.23. The Balaban J connectivity index is 1.20. The van der Waals surface area contributed by atoms with Crippen molar-refractivity contribution in [1.82, 2.24) is 4.98 Å². The zero-order valence-corrected chi connectivity index (χ0v) is 29.4. The first-order chi connectivity index (χ1) is 26.2. The van der Waals surface area contributed by atoms with E-state index in [0.717, 1.165) is 61.9 Å². The highest BCUT2D eigenvalue weighted by molar-refractivity contribution is 6.24. The van der Waals surface area contributed by atoms with Gasteiger partial charge in [-0.1, -0.05) is 159 Å². The van der Waals surface area contributed by atoms with Crippen molar-refractivity contribution in [3.05, 3.63) is 193 Å². The van der Waals surface area contributed by atoms with Gasteiger partial charge in [-0.2, -0.15) is 0 Å². The summed E-state index contributed by atoms with van der Waals surface area (Å²) in [6, 6.07) is 58.4. The van der Waals surface area contributed by atoms with Crippen LogP contribution in [0.3, 0.4) is 0 Å². The Morgan fingerprint density at radius 1 is 0.472 bits per heavy atom. The van der Waals surface area contributed by atoms with Crippen molar-refractivity contribution in [1.29, 1.82) is 0 Å². The van der Waals surface area contributed by atoms with Gasteiger partial charge in [0.05, 0.1) is 16.9 Å². The van der Waals surface area contributed by atoms with Crippen LogP contribution in [0.25, 0.3) is 70.8 Å². The number of hydrogen-bond donors (Lipinski definition) is 0. The van der Waals surface area contributed by atoms with Crippen LogP contribution in [-0.4, -0.2) is 16.5 Å². The van der Waals surface area contributed by atoms with E-state index in [2.05, 4.69) is 177 Å². The van der Waals surface area contributed by atoms with Crippen molar-refractivity contribution < 1.29 is 0 Å². The second kappa shape index (κ2) is 12.8. The van der Waals surface area contributed by atoms with Crippen molar-refractivity contribution in [2.24, 2.45) is 15.9 Å². The summed E-state index contributed by atoms with van der Waals surface area (Å²) in [5, 5.41) is 10.7. The molecule has 1 unspecified atom stereocenters. The van der Waals surface area contributed by atoms with E-state index < -0.39 is 0 Å². The van der Waals surface area contributed by atoms with E-state index in [9.17, 15) is 0 Å². The summed E-state index contributed by atoms with van der Waals surface area (Å²) in [4.78, 5) is 16.1. The molecule has 9 aromatic rings. The Labute approximate surface area is 308 Å². The number of pyridine rings is 1. The van der Waals surface area contributed by atoms with Crippen molar-refractivity contribution in [2.45, 2.75) is 13.3 Å². The minimum atomic E-state index is 0.109. The quantitative estimate of drug-likeness (QED) is 0.171. The van der Waals surface area contributed by atoms with Gasteiger partial charge in [-0.15, -0.1) is 0 Å². The van der Waals surface area contributed by atoms with Crippen molar-refractivity contribution in [2.75, 3.05) is 0 Å². The molecular weight excluding hydrogens is 643 g/mol. The summed E-state index contributed by atoms with van der Waals surface area (Å²) in [7, 11) is 0. The van der Waals surface area contributed by atoms with Crippen LogP contribution < -0.4 is 0 Å². The first-order valence-electron chi connectivity index (χ1n) is 18.3. The molecule has 0 amide bonds. The molecule has 53 heavy (non-hydrogen) atoms. The first kappa shape index (κ1) is 31.1. The topological polar surface area (TPSA) is 37.6 Å². The summed E-state index contributed by atoms with van der Waals surface area (Å²) >= 11 is 0. The SMILES string of the molecule is CC1C/C=C(\c2ccc3ccccc3c2)N=C(c2ccc3ccccc3c2)N=C1c1ccccc1-c1cc2ccccc2c2c1ncc1ccccc12. The molecule has 1 aliphatic rings. The van der Waals surface area contributed by atoms with Crippen LogP contribution in [0.4, 0.5) is 0 Å². The molecule has 8 aromatic carbocycles. The second-order valence-electron chi connectivity index (χ2n) is 14.0. The van der Waals surface area contributed by atoms with Crippen molar-refractivity contribution >= 4 is 71.2 Å². The molecule has 0 bridgehead atoms. The van der Waals surface area contributed by atoms with E-state index >= 15 is 0 Å². The summed E-state index contributed by atoms with van der Waals surface area (Å²) < 4.78 is 0. The average molecular weight is 678 g/mol.